The van der Waals surface area contributed by atoms with Crippen molar-refractivity contribution in [2.45, 2.75) is 19.9 Å². The van der Waals surface area contributed by atoms with Crippen molar-refractivity contribution < 1.29 is 18.7 Å². The van der Waals surface area contributed by atoms with Gasteiger partial charge in [0.2, 0.25) is 5.91 Å². The summed E-state index contributed by atoms with van der Waals surface area (Å²) in [6.45, 7) is 2.62. The van der Waals surface area contributed by atoms with Crippen molar-refractivity contribution in [1.82, 2.24) is 9.78 Å². The van der Waals surface area contributed by atoms with Crippen molar-refractivity contribution in [3.8, 4) is 0 Å². The van der Waals surface area contributed by atoms with Gasteiger partial charge in [-0.3, -0.25) is 14.5 Å². The number of hydrogen-bond acceptors (Lipinski definition) is 5. The van der Waals surface area contributed by atoms with Gasteiger partial charge >= 0.3 is 5.97 Å². The average molecular weight is 303 g/mol. The van der Waals surface area contributed by atoms with Crippen molar-refractivity contribution in [3.05, 3.63) is 35.9 Å². The van der Waals surface area contributed by atoms with Crippen molar-refractivity contribution in [1.29, 1.82) is 0 Å². The molecule has 3 heterocycles. The van der Waals surface area contributed by atoms with E-state index >= 15 is 0 Å². The van der Waals surface area contributed by atoms with E-state index in [0.29, 0.717) is 18.9 Å². The number of methoxy groups -OCH3 is 1. The average Bonchev–Trinajstić information content (AvgIpc) is 3.19. The van der Waals surface area contributed by atoms with Gasteiger partial charge in [-0.15, -0.1) is 0 Å². The lowest BCUT2D eigenvalue weighted by Crippen LogP contribution is -2.28. The maximum atomic E-state index is 12.2. The highest BCUT2D eigenvalue weighted by Crippen LogP contribution is 2.26. The minimum atomic E-state index is -0.424. The molecule has 1 saturated heterocycles. The fourth-order valence-electron chi connectivity index (χ4n) is 2.65. The van der Waals surface area contributed by atoms with Crippen LogP contribution in [-0.2, 0) is 20.9 Å². The predicted octanol–water partition coefficient (Wildman–Crippen LogP) is 1.36. The fourth-order valence-corrected chi connectivity index (χ4v) is 2.65. The van der Waals surface area contributed by atoms with E-state index in [0.717, 1.165) is 11.5 Å². The molecule has 0 saturated carbocycles. The molecule has 1 amide bonds. The molecule has 0 radical (unpaired) electrons. The van der Waals surface area contributed by atoms with Crippen LogP contribution in [0.4, 0.5) is 5.82 Å². The lowest BCUT2D eigenvalue weighted by Gasteiger charge is -2.17. The molecular formula is C15H17N3O4. The Hall–Kier alpha value is -2.57. The second-order valence-electron chi connectivity index (χ2n) is 5.29. The molecule has 7 heteroatoms. The number of nitrogens with zero attached hydrogens (tertiary/aromatic N) is 3. The van der Waals surface area contributed by atoms with Crippen LogP contribution >= 0.6 is 0 Å². The SMILES string of the molecule is COC(=O)C1CC(=O)N(c2ccnn2Cc2ccc(C)o2)C1. The Balaban J connectivity index is 1.80. The molecule has 22 heavy (non-hydrogen) atoms. The van der Waals surface area contributed by atoms with Gasteiger partial charge in [0, 0.05) is 19.0 Å². The Labute approximate surface area is 127 Å². The lowest BCUT2D eigenvalue weighted by atomic mass is 10.1. The van der Waals surface area contributed by atoms with Crippen molar-refractivity contribution in [2.24, 2.45) is 5.92 Å². The minimum Gasteiger partial charge on any atom is -0.469 e. The largest absolute Gasteiger partial charge is 0.469 e. The Morgan fingerprint density at radius 1 is 1.45 bits per heavy atom. The molecule has 116 valence electrons. The van der Waals surface area contributed by atoms with Crippen LogP contribution in [0, 0.1) is 12.8 Å². The maximum absolute atomic E-state index is 12.2. The molecule has 2 aromatic rings. The second kappa shape index (κ2) is 5.67. The quantitative estimate of drug-likeness (QED) is 0.797. The summed E-state index contributed by atoms with van der Waals surface area (Å²) in [6.07, 6.45) is 1.79. The van der Waals surface area contributed by atoms with Crippen molar-refractivity contribution >= 4 is 17.7 Å². The first-order chi connectivity index (χ1) is 10.6. The maximum Gasteiger partial charge on any atom is 0.311 e. The highest BCUT2D eigenvalue weighted by Gasteiger charge is 2.37. The molecule has 0 N–H and O–H groups in total. The van der Waals surface area contributed by atoms with Gasteiger partial charge in [-0.1, -0.05) is 0 Å². The Kier molecular flexibility index (Phi) is 3.70. The molecule has 7 nitrogen and oxygen atoms in total. The summed E-state index contributed by atoms with van der Waals surface area (Å²) >= 11 is 0. The van der Waals surface area contributed by atoms with Crippen LogP contribution in [0.15, 0.2) is 28.8 Å². The van der Waals surface area contributed by atoms with Gasteiger partial charge in [0.15, 0.2) is 0 Å². The molecule has 1 fully saturated rings. The van der Waals surface area contributed by atoms with Gasteiger partial charge < -0.3 is 9.15 Å². The summed E-state index contributed by atoms with van der Waals surface area (Å²) in [7, 11) is 1.33. The molecular weight excluding hydrogens is 286 g/mol. The Morgan fingerprint density at radius 2 is 2.27 bits per heavy atom. The number of amides is 1. The van der Waals surface area contributed by atoms with Crippen LogP contribution in [-0.4, -0.2) is 35.3 Å². The first-order valence-electron chi connectivity index (χ1n) is 7.04. The van der Waals surface area contributed by atoms with Gasteiger partial charge in [-0.2, -0.15) is 5.10 Å². The van der Waals surface area contributed by atoms with E-state index < -0.39 is 5.92 Å². The third-order valence-electron chi connectivity index (χ3n) is 3.73. The number of carbonyl (C=O) groups excluding carboxylic acids is 2. The van der Waals surface area contributed by atoms with Crippen LogP contribution in [0.2, 0.25) is 0 Å². The van der Waals surface area contributed by atoms with E-state index in [1.165, 1.54) is 7.11 Å². The molecule has 0 bridgehead atoms. The standard InChI is InChI=1S/C15H17N3O4/c1-10-3-4-12(22-10)9-18-13(5-6-16-18)17-8-11(7-14(17)19)15(20)21-2/h3-6,11H,7-9H2,1-2H3. The zero-order valence-corrected chi connectivity index (χ0v) is 12.5. The third kappa shape index (κ3) is 2.61. The van der Waals surface area contributed by atoms with Gasteiger partial charge in [0.1, 0.15) is 23.9 Å². The third-order valence-corrected chi connectivity index (χ3v) is 3.73. The van der Waals surface area contributed by atoms with Gasteiger partial charge in [-0.05, 0) is 19.1 Å². The Bertz CT molecular complexity index is 703. The van der Waals surface area contributed by atoms with E-state index in [1.54, 1.807) is 21.8 Å². The summed E-state index contributed by atoms with van der Waals surface area (Å²) in [5.74, 6) is 1.36. The molecule has 2 aromatic heterocycles. The smallest absolute Gasteiger partial charge is 0.311 e. The van der Waals surface area contributed by atoms with Crippen LogP contribution in [0.25, 0.3) is 0 Å². The van der Waals surface area contributed by atoms with Gasteiger partial charge in [0.05, 0.1) is 19.2 Å². The first kappa shape index (κ1) is 14.4. The van der Waals surface area contributed by atoms with E-state index in [9.17, 15) is 9.59 Å². The van der Waals surface area contributed by atoms with Gasteiger partial charge in [-0.25, -0.2) is 4.68 Å². The molecule has 0 aromatic carbocycles. The molecule has 1 atom stereocenters. The van der Waals surface area contributed by atoms with Crippen LogP contribution < -0.4 is 4.90 Å². The van der Waals surface area contributed by atoms with E-state index in [4.69, 9.17) is 9.15 Å². The summed E-state index contributed by atoms with van der Waals surface area (Å²) in [4.78, 5) is 25.4. The van der Waals surface area contributed by atoms with E-state index in [-0.39, 0.29) is 18.3 Å². The lowest BCUT2D eigenvalue weighted by molar-refractivity contribution is -0.145. The normalized spacial score (nSPS) is 18.0. The number of hydrogen-bond donors (Lipinski definition) is 0. The first-order valence-corrected chi connectivity index (χ1v) is 7.04. The van der Waals surface area contributed by atoms with Crippen LogP contribution in [0.1, 0.15) is 17.9 Å². The molecule has 3 rings (SSSR count). The number of rotatable bonds is 4. The van der Waals surface area contributed by atoms with Crippen molar-refractivity contribution in [3.63, 3.8) is 0 Å². The zero-order valence-electron chi connectivity index (χ0n) is 12.5. The number of esters is 1. The predicted molar refractivity (Wildman–Crippen MR) is 77.3 cm³/mol. The molecule has 1 aliphatic rings. The minimum absolute atomic E-state index is 0.104. The number of anilines is 1. The van der Waals surface area contributed by atoms with E-state index in [1.807, 2.05) is 19.1 Å². The summed E-state index contributed by atoms with van der Waals surface area (Å²) < 4.78 is 12.0. The molecule has 1 aliphatic heterocycles. The number of aryl methyl sites for hydroxylation is 1. The topological polar surface area (TPSA) is 77.6 Å². The molecule has 0 aliphatic carbocycles. The summed E-state index contributed by atoms with van der Waals surface area (Å²) in [5.41, 5.74) is 0. The highest BCUT2D eigenvalue weighted by atomic mass is 16.5. The molecule has 0 spiro atoms. The molecule has 1 unspecified atom stereocenters. The fraction of sp³-hybridized carbons (Fsp3) is 0.400. The second-order valence-corrected chi connectivity index (χ2v) is 5.29. The summed E-state index contributed by atoms with van der Waals surface area (Å²) in [6, 6.07) is 5.52. The Morgan fingerprint density at radius 3 is 2.95 bits per heavy atom. The number of furan rings is 1. The van der Waals surface area contributed by atoms with Crippen LogP contribution in [0.5, 0.6) is 0 Å². The van der Waals surface area contributed by atoms with E-state index in [2.05, 4.69) is 5.10 Å². The highest BCUT2D eigenvalue weighted by molar-refractivity contribution is 5.98. The number of ether oxygens (including phenoxy) is 1. The summed E-state index contributed by atoms with van der Waals surface area (Å²) in [5, 5.41) is 4.24. The van der Waals surface area contributed by atoms with Crippen molar-refractivity contribution in [2.75, 3.05) is 18.6 Å². The number of carbonyl (C=O) groups is 2. The monoisotopic (exact) mass is 303 g/mol. The number of aromatic nitrogens is 2. The van der Waals surface area contributed by atoms with Crippen LogP contribution in [0.3, 0.4) is 0 Å². The van der Waals surface area contributed by atoms with Gasteiger partial charge in [0.25, 0.3) is 0 Å². The zero-order chi connectivity index (χ0) is 15.7.